The largest absolute Gasteiger partial charge is 0.487 e. The average Bonchev–Trinajstić information content (AvgIpc) is 2.70. The normalized spacial score (nSPS) is 11.1. The van der Waals surface area contributed by atoms with Crippen LogP contribution in [0.15, 0.2) is 51.7 Å². The number of carbonyl (C=O) groups is 1. The molecule has 28 heavy (non-hydrogen) atoms. The van der Waals surface area contributed by atoms with Gasteiger partial charge in [0.25, 0.3) is 0 Å². The molecule has 0 aliphatic heterocycles. The molecule has 0 radical (unpaired) electrons. The molecule has 5 nitrogen and oxygen atoms in total. The summed E-state index contributed by atoms with van der Waals surface area (Å²) in [4.78, 5) is 25.0. The third-order valence-electron chi connectivity index (χ3n) is 4.28. The Labute approximate surface area is 163 Å². The summed E-state index contributed by atoms with van der Waals surface area (Å²) in [6, 6.07) is 12.6. The van der Waals surface area contributed by atoms with E-state index in [1.54, 1.807) is 32.1 Å². The average molecular weight is 378 g/mol. The molecule has 2 aromatic carbocycles. The zero-order valence-electron chi connectivity index (χ0n) is 16.2. The molecule has 0 unspecified atom stereocenters. The number of carbonyl (C=O) groups excluding carboxylic acids is 1. The van der Waals surface area contributed by atoms with E-state index in [1.807, 2.05) is 37.3 Å². The van der Waals surface area contributed by atoms with Crippen LogP contribution in [0.2, 0.25) is 0 Å². The van der Waals surface area contributed by atoms with Gasteiger partial charge in [-0.15, -0.1) is 0 Å². The molecule has 0 bridgehead atoms. The van der Waals surface area contributed by atoms with E-state index in [2.05, 4.69) is 0 Å². The van der Waals surface area contributed by atoms with Crippen molar-refractivity contribution >= 4 is 29.1 Å². The van der Waals surface area contributed by atoms with Gasteiger partial charge in [-0.2, -0.15) is 0 Å². The smallest absolute Gasteiger partial charge is 0.338 e. The number of hydrogen-bond donors (Lipinski definition) is 0. The minimum Gasteiger partial charge on any atom is -0.487 e. The Balaban J connectivity index is 2.11. The molecule has 0 saturated heterocycles. The second kappa shape index (κ2) is 8.57. The van der Waals surface area contributed by atoms with Crippen LogP contribution >= 0.6 is 0 Å². The zero-order valence-corrected chi connectivity index (χ0v) is 16.2. The SMILES string of the molecule is CCOC(=O)c1ccc2oc(C=Cc3ccccc3C)c(OCC)c(=O)c2c1. The lowest BCUT2D eigenvalue weighted by molar-refractivity contribution is 0.0526. The lowest BCUT2D eigenvalue weighted by Gasteiger charge is -2.09. The molecule has 1 heterocycles. The summed E-state index contributed by atoms with van der Waals surface area (Å²) in [7, 11) is 0. The number of rotatable bonds is 6. The summed E-state index contributed by atoms with van der Waals surface area (Å²) < 4.78 is 16.5. The van der Waals surface area contributed by atoms with Crippen LogP contribution in [0.3, 0.4) is 0 Å². The van der Waals surface area contributed by atoms with E-state index >= 15 is 0 Å². The van der Waals surface area contributed by atoms with Crippen LogP contribution in [0.4, 0.5) is 0 Å². The molecule has 0 fully saturated rings. The Bertz CT molecular complexity index is 1090. The monoisotopic (exact) mass is 378 g/mol. The number of fused-ring (bicyclic) bond motifs is 1. The Kier molecular flexibility index (Phi) is 5.94. The van der Waals surface area contributed by atoms with E-state index in [9.17, 15) is 9.59 Å². The molecule has 3 aromatic rings. The summed E-state index contributed by atoms with van der Waals surface area (Å²) in [6.45, 7) is 6.12. The molecule has 1 aromatic heterocycles. The predicted octanol–water partition coefficient (Wildman–Crippen LogP) is 4.85. The maximum absolute atomic E-state index is 13.0. The van der Waals surface area contributed by atoms with Crippen LogP contribution in [0.1, 0.15) is 41.1 Å². The number of esters is 1. The van der Waals surface area contributed by atoms with E-state index < -0.39 is 5.97 Å². The van der Waals surface area contributed by atoms with E-state index in [0.717, 1.165) is 11.1 Å². The standard InChI is InChI=1S/C23H22O5/c1-4-26-22-20(13-10-16-9-7-6-8-15(16)3)28-19-12-11-17(23(25)27-5-2)14-18(19)21(22)24/h6-14H,4-5H2,1-3H3. The van der Waals surface area contributed by atoms with Crippen molar-refractivity contribution in [1.82, 2.24) is 0 Å². The predicted molar refractivity (Wildman–Crippen MR) is 110 cm³/mol. The van der Waals surface area contributed by atoms with Crippen molar-refractivity contribution in [1.29, 1.82) is 0 Å². The molecule has 0 N–H and O–H groups in total. The fourth-order valence-corrected chi connectivity index (χ4v) is 2.87. The third kappa shape index (κ3) is 3.98. The van der Waals surface area contributed by atoms with Gasteiger partial charge in [0.05, 0.1) is 24.2 Å². The lowest BCUT2D eigenvalue weighted by Crippen LogP contribution is -2.11. The van der Waals surface area contributed by atoms with Crippen molar-refractivity contribution in [2.24, 2.45) is 0 Å². The molecular weight excluding hydrogens is 356 g/mol. The van der Waals surface area contributed by atoms with Crippen molar-refractivity contribution in [2.45, 2.75) is 20.8 Å². The van der Waals surface area contributed by atoms with Gasteiger partial charge in [0.2, 0.25) is 11.2 Å². The molecule has 0 aliphatic carbocycles. The first-order chi connectivity index (χ1) is 13.5. The quantitative estimate of drug-likeness (QED) is 0.574. The topological polar surface area (TPSA) is 65.7 Å². The van der Waals surface area contributed by atoms with Crippen LogP contribution in [0.25, 0.3) is 23.1 Å². The van der Waals surface area contributed by atoms with Crippen LogP contribution in [0.5, 0.6) is 5.75 Å². The van der Waals surface area contributed by atoms with Gasteiger partial charge in [-0.3, -0.25) is 4.79 Å². The minimum atomic E-state index is -0.481. The number of ether oxygens (including phenoxy) is 2. The van der Waals surface area contributed by atoms with Crippen molar-refractivity contribution < 1.29 is 18.7 Å². The van der Waals surface area contributed by atoms with Gasteiger partial charge in [-0.1, -0.05) is 30.3 Å². The van der Waals surface area contributed by atoms with Crippen LogP contribution < -0.4 is 10.2 Å². The second-order valence-corrected chi connectivity index (χ2v) is 6.18. The van der Waals surface area contributed by atoms with Crippen molar-refractivity contribution in [3.63, 3.8) is 0 Å². The van der Waals surface area contributed by atoms with Crippen LogP contribution in [0, 0.1) is 6.92 Å². The molecule has 0 amide bonds. The first-order valence-corrected chi connectivity index (χ1v) is 9.19. The number of benzene rings is 2. The van der Waals surface area contributed by atoms with Gasteiger partial charge in [0, 0.05) is 0 Å². The number of hydrogen-bond acceptors (Lipinski definition) is 5. The summed E-state index contributed by atoms with van der Waals surface area (Å²) in [5.41, 5.74) is 2.49. The molecule has 5 heteroatoms. The van der Waals surface area contributed by atoms with Gasteiger partial charge < -0.3 is 13.9 Å². The summed E-state index contributed by atoms with van der Waals surface area (Å²) >= 11 is 0. The fraction of sp³-hybridized carbons (Fsp3) is 0.217. The summed E-state index contributed by atoms with van der Waals surface area (Å²) in [6.07, 6.45) is 3.61. The first kappa shape index (κ1) is 19.4. The molecule has 0 saturated carbocycles. The molecule has 144 valence electrons. The van der Waals surface area contributed by atoms with E-state index in [-0.39, 0.29) is 23.2 Å². The van der Waals surface area contributed by atoms with E-state index in [4.69, 9.17) is 13.9 Å². The van der Waals surface area contributed by atoms with E-state index in [1.165, 1.54) is 6.07 Å². The van der Waals surface area contributed by atoms with Crippen LogP contribution in [-0.2, 0) is 4.74 Å². The Morgan fingerprint density at radius 1 is 1.07 bits per heavy atom. The Morgan fingerprint density at radius 3 is 2.57 bits per heavy atom. The highest BCUT2D eigenvalue weighted by atomic mass is 16.5. The first-order valence-electron chi connectivity index (χ1n) is 9.19. The highest BCUT2D eigenvalue weighted by Crippen LogP contribution is 2.25. The second-order valence-electron chi connectivity index (χ2n) is 6.18. The molecule has 0 aliphatic rings. The van der Waals surface area contributed by atoms with Crippen molar-refractivity contribution in [3.05, 3.63) is 75.1 Å². The Morgan fingerprint density at radius 2 is 1.86 bits per heavy atom. The summed E-state index contributed by atoms with van der Waals surface area (Å²) in [5, 5.41) is 0.280. The highest BCUT2D eigenvalue weighted by Gasteiger charge is 2.16. The van der Waals surface area contributed by atoms with Gasteiger partial charge in [0.15, 0.2) is 5.76 Å². The maximum Gasteiger partial charge on any atom is 0.338 e. The number of aryl methyl sites for hydroxylation is 1. The molecular formula is C23H22O5. The zero-order chi connectivity index (χ0) is 20.1. The lowest BCUT2D eigenvalue weighted by atomic mass is 10.1. The van der Waals surface area contributed by atoms with Gasteiger partial charge in [-0.25, -0.2) is 4.79 Å². The third-order valence-corrected chi connectivity index (χ3v) is 4.28. The van der Waals surface area contributed by atoms with Gasteiger partial charge in [0.1, 0.15) is 5.58 Å². The Hall–Kier alpha value is -3.34. The fourth-order valence-electron chi connectivity index (χ4n) is 2.87. The maximum atomic E-state index is 13.0. The molecule has 0 atom stereocenters. The molecule has 3 rings (SSSR count). The molecule has 0 spiro atoms. The van der Waals surface area contributed by atoms with Crippen LogP contribution in [-0.4, -0.2) is 19.2 Å². The highest BCUT2D eigenvalue weighted by molar-refractivity contribution is 5.94. The van der Waals surface area contributed by atoms with Crippen molar-refractivity contribution in [3.8, 4) is 5.75 Å². The van der Waals surface area contributed by atoms with E-state index in [0.29, 0.717) is 23.5 Å². The van der Waals surface area contributed by atoms with Crippen molar-refractivity contribution in [2.75, 3.05) is 13.2 Å². The summed E-state index contributed by atoms with van der Waals surface area (Å²) in [5.74, 6) is -0.0161. The van der Waals surface area contributed by atoms with Gasteiger partial charge >= 0.3 is 5.97 Å². The minimum absolute atomic E-state index is 0.126. The van der Waals surface area contributed by atoms with Gasteiger partial charge in [-0.05, 0) is 56.2 Å².